The van der Waals surface area contributed by atoms with E-state index in [0.717, 1.165) is 17.2 Å². The van der Waals surface area contributed by atoms with Crippen LogP contribution in [-0.4, -0.2) is 22.6 Å². The summed E-state index contributed by atoms with van der Waals surface area (Å²) in [5.41, 5.74) is 2.95. The van der Waals surface area contributed by atoms with Crippen molar-refractivity contribution in [3.05, 3.63) is 70.8 Å². The molecule has 1 atom stereocenters. The van der Waals surface area contributed by atoms with Crippen LogP contribution in [0.5, 0.6) is 0 Å². The van der Waals surface area contributed by atoms with E-state index in [1.807, 2.05) is 12.1 Å². The third kappa shape index (κ3) is 6.12. The fourth-order valence-corrected chi connectivity index (χ4v) is 3.05. The quantitative estimate of drug-likeness (QED) is 0.681. The Morgan fingerprint density at radius 1 is 0.963 bits per heavy atom. The second-order valence-corrected chi connectivity index (χ2v) is 8.49. The van der Waals surface area contributed by atoms with Crippen molar-refractivity contribution >= 4 is 0 Å². The van der Waals surface area contributed by atoms with Crippen LogP contribution < -0.4 is 0 Å². The molecule has 0 amide bonds. The zero-order valence-electron chi connectivity index (χ0n) is 17.0. The summed E-state index contributed by atoms with van der Waals surface area (Å²) in [6.45, 7) is 11.8. The smallest absolute Gasteiger partial charge is 0.159 e. The van der Waals surface area contributed by atoms with Crippen molar-refractivity contribution in [2.24, 2.45) is 0 Å². The summed E-state index contributed by atoms with van der Waals surface area (Å²) in [7, 11) is 0. The van der Waals surface area contributed by atoms with Crippen LogP contribution in [0.15, 0.2) is 42.5 Å². The Kier molecular flexibility index (Phi) is 7.12. The van der Waals surface area contributed by atoms with Crippen LogP contribution in [0.4, 0.5) is 8.78 Å². The lowest BCUT2D eigenvalue weighted by Gasteiger charge is -2.28. The monoisotopic (exact) mass is 375 g/mol. The number of hydrogen-bond acceptors (Lipinski definition) is 2. The van der Waals surface area contributed by atoms with Crippen molar-refractivity contribution in [2.75, 3.05) is 6.54 Å². The minimum absolute atomic E-state index is 0.0857. The maximum atomic E-state index is 13.4. The summed E-state index contributed by atoms with van der Waals surface area (Å²) < 4.78 is 26.6. The Balaban J connectivity index is 1.99. The van der Waals surface area contributed by atoms with E-state index in [1.165, 1.54) is 11.6 Å². The number of aliphatic hydroxyl groups is 1. The normalized spacial score (nSPS) is 13.4. The molecule has 2 nitrogen and oxygen atoms in total. The molecule has 0 bridgehead atoms. The van der Waals surface area contributed by atoms with Crippen LogP contribution in [0, 0.1) is 11.6 Å². The summed E-state index contributed by atoms with van der Waals surface area (Å²) in [6, 6.07) is 12.4. The van der Waals surface area contributed by atoms with E-state index in [4.69, 9.17) is 0 Å². The van der Waals surface area contributed by atoms with Gasteiger partial charge in [0.1, 0.15) is 0 Å². The maximum absolute atomic E-state index is 13.4. The fraction of sp³-hybridized carbons (Fsp3) is 0.478. The van der Waals surface area contributed by atoms with E-state index in [1.54, 1.807) is 6.07 Å². The molecule has 0 spiro atoms. The van der Waals surface area contributed by atoms with E-state index in [2.05, 4.69) is 51.7 Å². The highest BCUT2D eigenvalue weighted by atomic mass is 19.2. The van der Waals surface area contributed by atoms with Gasteiger partial charge in [-0.05, 0) is 54.5 Å². The van der Waals surface area contributed by atoms with Gasteiger partial charge in [-0.3, -0.25) is 4.90 Å². The van der Waals surface area contributed by atoms with Gasteiger partial charge in [-0.1, -0.05) is 51.1 Å². The van der Waals surface area contributed by atoms with Crippen molar-refractivity contribution in [1.29, 1.82) is 0 Å². The molecule has 1 N–H and O–H groups in total. The third-order valence-corrected chi connectivity index (χ3v) is 4.95. The zero-order chi connectivity index (χ0) is 20.2. The van der Waals surface area contributed by atoms with Crippen LogP contribution in [0.25, 0.3) is 0 Å². The van der Waals surface area contributed by atoms with Gasteiger partial charge in [0.2, 0.25) is 0 Å². The Hall–Kier alpha value is -1.78. The third-order valence-electron chi connectivity index (χ3n) is 4.95. The molecule has 2 aromatic carbocycles. The van der Waals surface area contributed by atoms with Gasteiger partial charge in [-0.2, -0.15) is 0 Å². The minimum atomic E-state index is -0.830. The molecule has 0 heterocycles. The molecule has 148 valence electrons. The first-order valence-electron chi connectivity index (χ1n) is 9.54. The van der Waals surface area contributed by atoms with Crippen LogP contribution in [0.1, 0.15) is 63.8 Å². The Morgan fingerprint density at radius 2 is 1.59 bits per heavy atom. The van der Waals surface area contributed by atoms with Gasteiger partial charge in [-0.25, -0.2) is 8.78 Å². The first kappa shape index (κ1) is 21.5. The van der Waals surface area contributed by atoms with Gasteiger partial charge in [0, 0.05) is 19.1 Å². The van der Waals surface area contributed by atoms with Gasteiger partial charge in [0.15, 0.2) is 11.6 Å². The first-order chi connectivity index (χ1) is 12.6. The molecule has 0 radical (unpaired) electrons. The second-order valence-electron chi connectivity index (χ2n) is 8.49. The molecule has 0 aliphatic heterocycles. The summed E-state index contributed by atoms with van der Waals surface area (Å²) >= 11 is 0. The summed E-state index contributed by atoms with van der Waals surface area (Å²) in [5, 5.41) is 10.6. The standard InChI is InChI=1S/C23H31F2NO/c1-16(2)26(15-17-6-11-20(24)21(25)14-17)13-12-22(27)18-7-9-19(10-8-18)23(3,4)5/h6-11,14,16,22,27H,12-13,15H2,1-5H3. The molecule has 0 saturated carbocycles. The number of nitrogens with zero attached hydrogens (tertiary/aromatic N) is 1. The molecular formula is C23H31F2NO. The molecule has 0 fully saturated rings. The van der Waals surface area contributed by atoms with Gasteiger partial charge >= 0.3 is 0 Å². The van der Waals surface area contributed by atoms with Gasteiger partial charge in [0.25, 0.3) is 0 Å². The lowest BCUT2D eigenvalue weighted by Crippen LogP contribution is -2.32. The number of halogens is 2. The highest BCUT2D eigenvalue weighted by Crippen LogP contribution is 2.25. The van der Waals surface area contributed by atoms with Crippen LogP contribution >= 0.6 is 0 Å². The SMILES string of the molecule is CC(C)N(CCC(O)c1ccc(C(C)(C)C)cc1)Cc1ccc(F)c(F)c1. The summed E-state index contributed by atoms with van der Waals surface area (Å²) in [6.07, 6.45) is 0.0294. The van der Waals surface area contributed by atoms with Crippen molar-refractivity contribution in [3.8, 4) is 0 Å². The molecule has 0 aliphatic rings. The maximum Gasteiger partial charge on any atom is 0.159 e. The molecule has 2 rings (SSSR count). The summed E-state index contributed by atoms with van der Waals surface area (Å²) in [5.74, 6) is -1.65. The summed E-state index contributed by atoms with van der Waals surface area (Å²) in [4.78, 5) is 2.15. The van der Waals surface area contributed by atoms with Crippen molar-refractivity contribution in [1.82, 2.24) is 4.90 Å². The van der Waals surface area contributed by atoms with Crippen molar-refractivity contribution in [2.45, 2.75) is 65.1 Å². The average Bonchev–Trinajstić information content (AvgIpc) is 2.60. The van der Waals surface area contributed by atoms with Crippen LogP contribution in [0.3, 0.4) is 0 Å². The van der Waals surface area contributed by atoms with Crippen LogP contribution in [0.2, 0.25) is 0 Å². The zero-order valence-corrected chi connectivity index (χ0v) is 17.0. The molecule has 4 heteroatoms. The van der Waals surface area contributed by atoms with E-state index in [0.29, 0.717) is 19.5 Å². The molecule has 1 unspecified atom stereocenters. The number of hydrogen-bond donors (Lipinski definition) is 1. The predicted molar refractivity (Wildman–Crippen MR) is 107 cm³/mol. The number of aliphatic hydroxyl groups excluding tert-OH is 1. The Morgan fingerprint density at radius 3 is 2.11 bits per heavy atom. The first-order valence-corrected chi connectivity index (χ1v) is 9.54. The van der Waals surface area contributed by atoms with E-state index < -0.39 is 17.7 Å². The van der Waals surface area contributed by atoms with E-state index >= 15 is 0 Å². The molecule has 0 saturated heterocycles. The molecule has 0 aromatic heterocycles. The minimum Gasteiger partial charge on any atom is -0.388 e. The molecular weight excluding hydrogens is 344 g/mol. The predicted octanol–water partition coefficient (Wildman–Crippen LogP) is 5.60. The average molecular weight is 376 g/mol. The molecule has 27 heavy (non-hydrogen) atoms. The lowest BCUT2D eigenvalue weighted by atomic mass is 9.86. The Labute approximate surface area is 161 Å². The van der Waals surface area contributed by atoms with Crippen LogP contribution in [-0.2, 0) is 12.0 Å². The van der Waals surface area contributed by atoms with Gasteiger partial charge in [-0.15, -0.1) is 0 Å². The molecule has 2 aromatic rings. The van der Waals surface area contributed by atoms with Gasteiger partial charge < -0.3 is 5.11 Å². The Bertz CT molecular complexity index is 735. The highest BCUT2D eigenvalue weighted by molar-refractivity contribution is 5.28. The van der Waals surface area contributed by atoms with E-state index in [-0.39, 0.29) is 11.5 Å². The van der Waals surface area contributed by atoms with Gasteiger partial charge in [0.05, 0.1) is 6.10 Å². The number of benzene rings is 2. The lowest BCUT2D eigenvalue weighted by molar-refractivity contribution is 0.126. The van der Waals surface area contributed by atoms with E-state index in [9.17, 15) is 13.9 Å². The van der Waals surface area contributed by atoms with Crippen molar-refractivity contribution < 1.29 is 13.9 Å². The fourth-order valence-electron chi connectivity index (χ4n) is 3.05. The highest BCUT2D eigenvalue weighted by Gasteiger charge is 2.17. The second kappa shape index (κ2) is 8.94. The largest absolute Gasteiger partial charge is 0.388 e. The number of rotatable bonds is 7. The topological polar surface area (TPSA) is 23.5 Å². The molecule has 0 aliphatic carbocycles. The van der Waals surface area contributed by atoms with Crippen molar-refractivity contribution in [3.63, 3.8) is 0 Å².